The third kappa shape index (κ3) is 3.48. The average molecular weight is 322 g/mol. The first kappa shape index (κ1) is 16.5. The molecule has 0 spiro atoms. The number of nitrogens with one attached hydrogen (secondary N) is 2. The van der Waals surface area contributed by atoms with Crippen LogP contribution in [0.1, 0.15) is 19.8 Å². The summed E-state index contributed by atoms with van der Waals surface area (Å²) in [5.41, 5.74) is 1.33. The van der Waals surface area contributed by atoms with Crippen molar-refractivity contribution < 1.29 is 9.21 Å². The van der Waals surface area contributed by atoms with Crippen LogP contribution in [-0.4, -0.2) is 24.0 Å². The fourth-order valence-electron chi connectivity index (χ4n) is 2.64. The Hall–Kier alpha value is -1.85. The summed E-state index contributed by atoms with van der Waals surface area (Å²) in [6.07, 6.45) is 5.00. The zero-order valence-electron chi connectivity index (χ0n) is 12.5. The van der Waals surface area contributed by atoms with Gasteiger partial charge in [0.05, 0.1) is 11.6 Å². The van der Waals surface area contributed by atoms with Gasteiger partial charge in [0.25, 0.3) is 0 Å². The number of benzene rings is 1. The molecule has 5 nitrogen and oxygen atoms in total. The van der Waals surface area contributed by atoms with Gasteiger partial charge in [0, 0.05) is 17.8 Å². The smallest absolute Gasteiger partial charge is 0.231 e. The molecule has 2 aromatic rings. The van der Waals surface area contributed by atoms with Crippen molar-refractivity contribution in [2.75, 3.05) is 18.4 Å². The monoisotopic (exact) mass is 321 g/mol. The minimum Gasteiger partial charge on any atom is -0.444 e. The topological polar surface area (TPSA) is 67.2 Å². The maximum atomic E-state index is 12.5. The summed E-state index contributed by atoms with van der Waals surface area (Å²) in [6.45, 7) is 3.72. The number of halogens is 1. The van der Waals surface area contributed by atoms with Crippen molar-refractivity contribution in [3.05, 3.63) is 36.9 Å². The van der Waals surface area contributed by atoms with Gasteiger partial charge < -0.3 is 15.1 Å². The van der Waals surface area contributed by atoms with Gasteiger partial charge in [-0.1, -0.05) is 12.1 Å². The van der Waals surface area contributed by atoms with Crippen LogP contribution < -0.4 is 10.6 Å². The molecule has 118 valence electrons. The maximum absolute atomic E-state index is 12.5. The Bertz CT molecular complexity index is 622. The molecule has 22 heavy (non-hydrogen) atoms. The number of anilines is 1. The number of aromatic nitrogens is 1. The predicted molar refractivity (Wildman–Crippen MR) is 88.0 cm³/mol. The Labute approximate surface area is 135 Å². The van der Waals surface area contributed by atoms with Gasteiger partial charge in [0.2, 0.25) is 5.91 Å². The molecule has 1 saturated heterocycles. The van der Waals surface area contributed by atoms with Gasteiger partial charge in [-0.3, -0.25) is 4.79 Å². The van der Waals surface area contributed by atoms with Gasteiger partial charge in [0.15, 0.2) is 12.2 Å². The minimum atomic E-state index is -0.347. The van der Waals surface area contributed by atoms with E-state index < -0.39 is 0 Å². The van der Waals surface area contributed by atoms with Crippen LogP contribution in [-0.2, 0) is 4.79 Å². The van der Waals surface area contributed by atoms with E-state index in [1.807, 2.05) is 31.2 Å². The molecule has 0 bridgehead atoms. The van der Waals surface area contributed by atoms with E-state index in [9.17, 15) is 4.79 Å². The summed E-state index contributed by atoms with van der Waals surface area (Å²) in [7, 11) is 0. The molecule has 1 aromatic carbocycles. The molecule has 3 rings (SSSR count). The van der Waals surface area contributed by atoms with Crippen molar-refractivity contribution in [3.63, 3.8) is 0 Å². The zero-order chi connectivity index (χ0) is 14.7. The van der Waals surface area contributed by atoms with Gasteiger partial charge in [-0.2, -0.15) is 0 Å². The van der Waals surface area contributed by atoms with Crippen molar-refractivity contribution in [1.29, 1.82) is 0 Å². The van der Waals surface area contributed by atoms with Gasteiger partial charge in [0.1, 0.15) is 0 Å². The van der Waals surface area contributed by atoms with Crippen molar-refractivity contribution in [2.45, 2.75) is 19.8 Å². The SMILES string of the molecule is CC1(C(=O)Nc2cccc(-c3cnco3)c2)CCCNC1.Cl. The molecule has 1 amide bonds. The van der Waals surface area contributed by atoms with Gasteiger partial charge in [-0.05, 0) is 38.4 Å². The largest absolute Gasteiger partial charge is 0.444 e. The Morgan fingerprint density at radius 3 is 3.00 bits per heavy atom. The minimum absolute atomic E-state index is 0. The van der Waals surface area contributed by atoms with Crippen molar-refractivity contribution in [2.24, 2.45) is 5.41 Å². The Balaban J connectivity index is 0.00000176. The van der Waals surface area contributed by atoms with E-state index in [2.05, 4.69) is 15.6 Å². The highest BCUT2D eigenvalue weighted by Gasteiger charge is 2.34. The van der Waals surface area contributed by atoms with Crippen molar-refractivity contribution in [1.82, 2.24) is 10.3 Å². The van der Waals surface area contributed by atoms with Crippen LogP contribution in [0.15, 0.2) is 41.3 Å². The molecular formula is C16H20ClN3O2. The summed E-state index contributed by atoms with van der Waals surface area (Å²) in [5, 5.41) is 6.31. The van der Waals surface area contributed by atoms with E-state index in [-0.39, 0.29) is 23.7 Å². The van der Waals surface area contributed by atoms with Crippen LogP contribution in [0, 0.1) is 5.41 Å². The van der Waals surface area contributed by atoms with Gasteiger partial charge in [-0.25, -0.2) is 4.98 Å². The number of carbonyl (C=O) groups excluding carboxylic acids is 1. The number of nitrogens with zero attached hydrogens (tertiary/aromatic N) is 1. The third-order valence-electron chi connectivity index (χ3n) is 3.98. The van der Waals surface area contributed by atoms with E-state index in [1.165, 1.54) is 6.39 Å². The maximum Gasteiger partial charge on any atom is 0.231 e. The number of piperidine rings is 1. The summed E-state index contributed by atoms with van der Waals surface area (Å²) in [6, 6.07) is 7.62. The second-order valence-electron chi connectivity index (χ2n) is 5.74. The number of amides is 1. The van der Waals surface area contributed by atoms with Crippen molar-refractivity contribution >= 4 is 24.0 Å². The molecule has 1 unspecified atom stereocenters. The molecule has 1 atom stereocenters. The summed E-state index contributed by atoms with van der Waals surface area (Å²) in [4.78, 5) is 16.4. The van der Waals surface area contributed by atoms with Crippen LogP contribution in [0.25, 0.3) is 11.3 Å². The van der Waals surface area contributed by atoms with E-state index in [1.54, 1.807) is 6.20 Å². The molecule has 2 N–H and O–H groups in total. The second kappa shape index (κ2) is 6.94. The lowest BCUT2D eigenvalue weighted by molar-refractivity contribution is -0.125. The molecule has 1 aliphatic heterocycles. The van der Waals surface area contributed by atoms with Crippen molar-refractivity contribution in [3.8, 4) is 11.3 Å². The fraction of sp³-hybridized carbons (Fsp3) is 0.375. The Kier molecular flexibility index (Phi) is 5.21. The van der Waals surface area contributed by atoms with Crippen LogP contribution in [0.5, 0.6) is 0 Å². The number of rotatable bonds is 3. The van der Waals surface area contributed by atoms with E-state index in [0.717, 1.165) is 37.2 Å². The number of carbonyl (C=O) groups is 1. The molecule has 6 heteroatoms. The van der Waals surface area contributed by atoms with Crippen LogP contribution >= 0.6 is 12.4 Å². The predicted octanol–water partition coefficient (Wildman–Crippen LogP) is 3.09. The first-order valence-electron chi connectivity index (χ1n) is 7.18. The molecule has 0 aliphatic carbocycles. The first-order valence-corrected chi connectivity index (χ1v) is 7.18. The highest BCUT2D eigenvalue weighted by Crippen LogP contribution is 2.28. The molecule has 1 aliphatic rings. The van der Waals surface area contributed by atoms with Gasteiger partial charge in [-0.15, -0.1) is 12.4 Å². The molecular weight excluding hydrogens is 302 g/mol. The molecule has 1 fully saturated rings. The standard InChI is InChI=1S/C16H19N3O2.ClH/c1-16(6-3-7-17-10-16)15(20)19-13-5-2-4-12(8-13)14-9-18-11-21-14;/h2,4-5,8-9,11,17H,3,6-7,10H2,1H3,(H,19,20);1H. The Morgan fingerprint density at radius 1 is 1.45 bits per heavy atom. The third-order valence-corrected chi connectivity index (χ3v) is 3.98. The normalized spacial score (nSPS) is 21.0. The van der Waals surface area contributed by atoms with Crippen LogP contribution in [0.2, 0.25) is 0 Å². The van der Waals surface area contributed by atoms with E-state index >= 15 is 0 Å². The highest BCUT2D eigenvalue weighted by atomic mass is 35.5. The molecule has 1 aromatic heterocycles. The summed E-state index contributed by atoms with van der Waals surface area (Å²) >= 11 is 0. The molecule has 0 radical (unpaired) electrons. The number of hydrogen-bond acceptors (Lipinski definition) is 4. The Morgan fingerprint density at radius 2 is 2.32 bits per heavy atom. The first-order chi connectivity index (χ1) is 10.2. The quantitative estimate of drug-likeness (QED) is 0.911. The highest BCUT2D eigenvalue weighted by molar-refractivity contribution is 5.95. The zero-order valence-corrected chi connectivity index (χ0v) is 13.3. The number of oxazole rings is 1. The fourth-order valence-corrected chi connectivity index (χ4v) is 2.64. The van der Waals surface area contributed by atoms with E-state index in [4.69, 9.17) is 4.42 Å². The van der Waals surface area contributed by atoms with Gasteiger partial charge >= 0.3 is 0 Å². The average Bonchev–Trinajstić information content (AvgIpc) is 3.02. The summed E-state index contributed by atoms with van der Waals surface area (Å²) < 4.78 is 5.28. The van der Waals surface area contributed by atoms with Crippen LogP contribution in [0.4, 0.5) is 5.69 Å². The molecule has 0 saturated carbocycles. The second-order valence-corrected chi connectivity index (χ2v) is 5.74. The lowest BCUT2D eigenvalue weighted by atomic mass is 9.82. The molecule has 2 heterocycles. The lowest BCUT2D eigenvalue weighted by Gasteiger charge is -2.32. The summed E-state index contributed by atoms with van der Waals surface area (Å²) in [5.74, 6) is 0.751. The number of hydrogen-bond donors (Lipinski definition) is 2. The van der Waals surface area contributed by atoms with E-state index in [0.29, 0.717) is 5.76 Å². The van der Waals surface area contributed by atoms with Crippen LogP contribution in [0.3, 0.4) is 0 Å². The lowest BCUT2D eigenvalue weighted by Crippen LogP contribution is -2.46.